The van der Waals surface area contributed by atoms with Crippen LogP contribution in [-0.4, -0.2) is 0 Å². The molecule has 0 aromatic heterocycles. The van der Waals surface area contributed by atoms with Gasteiger partial charge in [-0.3, -0.25) is 0 Å². The van der Waals surface area contributed by atoms with E-state index in [4.69, 9.17) is 0 Å². The molecule has 78 valence electrons. The Bertz CT molecular complexity index is 381. The van der Waals surface area contributed by atoms with Gasteiger partial charge in [0.25, 0.3) is 0 Å². The summed E-state index contributed by atoms with van der Waals surface area (Å²) in [5.41, 5.74) is 3.15. The van der Waals surface area contributed by atoms with Crippen molar-refractivity contribution in [2.45, 2.75) is 19.8 Å². The first-order chi connectivity index (χ1) is 7.35. The molecule has 2 saturated carbocycles. The Morgan fingerprint density at radius 2 is 2.13 bits per heavy atom. The molecule has 2 fully saturated rings. The van der Waals surface area contributed by atoms with Gasteiger partial charge in [-0.25, -0.2) is 0 Å². The maximum absolute atomic E-state index is 3.85. The summed E-state index contributed by atoms with van der Waals surface area (Å²) in [6, 6.07) is 0. The van der Waals surface area contributed by atoms with E-state index in [0.29, 0.717) is 0 Å². The minimum absolute atomic E-state index is 0.809. The summed E-state index contributed by atoms with van der Waals surface area (Å²) in [6.45, 7) is 6.02. The van der Waals surface area contributed by atoms with Crippen LogP contribution in [0.15, 0.2) is 48.1 Å². The summed E-state index contributed by atoms with van der Waals surface area (Å²) in [5.74, 6) is 3.40. The third-order valence-corrected chi connectivity index (χ3v) is 4.45. The van der Waals surface area contributed by atoms with Crippen LogP contribution in [0.2, 0.25) is 0 Å². The van der Waals surface area contributed by atoms with E-state index in [2.05, 4.69) is 37.8 Å². The van der Waals surface area contributed by atoms with Gasteiger partial charge >= 0.3 is 0 Å². The highest BCUT2D eigenvalue weighted by atomic mass is 14.5. The molecule has 4 atom stereocenters. The fraction of sp³-hybridized carbons (Fsp3) is 0.467. The largest absolute Gasteiger partial charge is 0.0991 e. The first-order valence-electron chi connectivity index (χ1n) is 6.01. The van der Waals surface area contributed by atoms with Gasteiger partial charge in [0.1, 0.15) is 0 Å². The van der Waals surface area contributed by atoms with Crippen molar-refractivity contribution in [1.82, 2.24) is 0 Å². The number of hydrogen-bond acceptors (Lipinski definition) is 0. The van der Waals surface area contributed by atoms with Crippen LogP contribution in [0, 0.1) is 23.7 Å². The lowest BCUT2D eigenvalue weighted by molar-refractivity contribution is 0.398. The molecule has 0 aliphatic heterocycles. The lowest BCUT2D eigenvalue weighted by atomic mass is 9.84. The second-order valence-corrected chi connectivity index (χ2v) is 5.01. The van der Waals surface area contributed by atoms with Crippen molar-refractivity contribution in [1.29, 1.82) is 0 Å². The third kappa shape index (κ3) is 1.14. The predicted octanol–water partition coefficient (Wildman–Crippen LogP) is 3.89. The molecular formula is C15H18. The topological polar surface area (TPSA) is 0 Å². The number of fused-ring (bicyclic) bond motifs is 5. The maximum Gasteiger partial charge on any atom is -0.00591 e. The van der Waals surface area contributed by atoms with Gasteiger partial charge in [0.15, 0.2) is 0 Å². The summed E-state index contributed by atoms with van der Waals surface area (Å²) in [4.78, 5) is 0. The summed E-state index contributed by atoms with van der Waals surface area (Å²) in [6.07, 6.45) is 14.1. The zero-order chi connectivity index (χ0) is 10.4. The highest BCUT2D eigenvalue weighted by Crippen LogP contribution is 2.59. The summed E-state index contributed by atoms with van der Waals surface area (Å²) < 4.78 is 0. The Morgan fingerprint density at radius 3 is 2.87 bits per heavy atom. The molecule has 0 amide bonds. The van der Waals surface area contributed by atoms with Gasteiger partial charge in [-0.1, -0.05) is 37.0 Å². The van der Waals surface area contributed by atoms with Crippen molar-refractivity contribution in [3.05, 3.63) is 48.1 Å². The van der Waals surface area contributed by atoms with E-state index in [9.17, 15) is 0 Å². The van der Waals surface area contributed by atoms with Crippen molar-refractivity contribution in [3.63, 3.8) is 0 Å². The molecule has 0 N–H and O–H groups in total. The van der Waals surface area contributed by atoms with Gasteiger partial charge in [0.05, 0.1) is 0 Å². The second kappa shape index (κ2) is 3.23. The molecule has 0 heterocycles. The van der Waals surface area contributed by atoms with E-state index in [0.717, 1.165) is 23.7 Å². The number of allylic oxidation sites excluding steroid dienone is 7. The molecule has 0 spiro atoms. The molecule has 0 aromatic rings. The van der Waals surface area contributed by atoms with Crippen LogP contribution < -0.4 is 0 Å². The Morgan fingerprint density at radius 1 is 1.33 bits per heavy atom. The van der Waals surface area contributed by atoms with Crippen LogP contribution in [0.3, 0.4) is 0 Å². The van der Waals surface area contributed by atoms with E-state index < -0.39 is 0 Å². The van der Waals surface area contributed by atoms with Crippen LogP contribution >= 0.6 is 0 Å². The molecule has 0 radical (unpaired) electrons. The molecule has 3 aliphatic carbocycles. The SMILES string of the molecule is C=C/C=C1\C(=C/C)CC2C3C=CC(C3)C12. The molecule has 15 heavy (non-hydrogen) atoms. The molecule has 0 heteroatoms. The van der Waals surface area contributed by atoms with Crippen molar-refractivity contribution < 1.29 is 0 Å². The summed E-state index contributed by atoms with van der Waals surface area (Å²) >= 11 is 0. The molecular weight excluding hydrogens is 180 g/mol. The maximum atomic E-state index is 3.85. The Labute approximate surface area is 92.1 Å². The molecule has 3 aliphatic rings. The van der Waals surface area contributed by atoms with Crippen LogP contribution in [0.5, 0.6) is 0 Å². The minimum Gasteiger partial charge on any atom is -0.0991 e. The van der Waals surface area contributed by atoms with Crippen molar-refractivity contribution >= 4 is 0 Å². The quantitative estimate of drug-likeness (QED) is 0.561. The molecule has 4 unspecified atom stereocenters. The fourth-order valence-electron chi connectivity index (χ4n) is 3.88. The smallest absolute Gasteiger partial charge is 0.00591 e. The lowest BCUT2D eigenvalue weighted by Crippen LogP contribution is -2.13. The molecule has 0 saturated heterocycles. The highest BCUT2D eigenvalue weighted by Gasteiger charge is 2.50. The van der Waals surface area contributed by atoms with Crippen LogP contribution in [-0.2, 0) is 0 Å². The standard InChI is InChI=1S/C15H18/c1-3-5-13-10(4-2)9-14-11-6-7-12(8-11)15(13)14/h3-7,11-12,14-15H,1,8-9H2,2H3/b10-4-,13-5+. The van der Waals surface area contributed by atoms with Crippen molar-refractivity contribution in [2.24, 2.45) is 23.7 Å². The zero-order valence-corrected chi connectivity index (χ0v) is 9.32. The highest BCUT2D eigenvalue weighted by molar-refractivity contribution is 5.44. The van der Waals surface area contributed by atoms with E-state index in [1.165, 1.54) is 12.8 Å². The summed E-state index contributed by atoms with van der Waals surface area (Å²) in [7, 11) is 0. The fourth-order valence-corrected chi connectivity index (χ4v) is 3.88. The van der Waals surface area contributed by atoms with Crippen LogP contribution in [0.4, 0.5) is 0 Å². The first kappa shape index (κ1) is 9.21. The van der Waals surface area contributed by atoms with Crippen molar-refractivity contribution in [2.75, 3.05) is 0 Å². The molecule has 3 rings (SSSR count). The predicted molar refractivity (Wildman–Crippen MR) is 64.4 cm³/mol. The molecule has 0 nitrogen and oxygen atoms in total. The average molecular weight is 198 g/mol. The number of rotatable bonds is 1. The van der Waals surface area contributed by atoms with Gasteiger partial charge < -0.3 is 0 Å². The zero-order valence-electron chi connectivity index (χ0n) is 9.32. The first-order valence-corrected chi connectivity index (χ1v) is 6.01. The van der Waals surface area contributed by atoms with E-state index in [1.54, 1.807) is 11.1 Å². The van der Waals surface area contributed by atoms with Crippen LogP contribution in [0.1, 0.15) is 19.8 Å². The van der Waals surface area contributed by atoms with E-state index in [-0.39, 0.29) is 0 Å². The van der Waals surface area contributed by atoms with Gasteiger partial charge in [-0.15, -0.1) is 0 Å². The Hall–Kier alpha value is -1.04. The van der Waals surface area contributed by atoms with Gasteiger partial charge in [-0.2, -0.15) is 0 Å². The van der Waals surface area contributed by atoms with Gasteiger partial charge in [-0.05, 0) is 54.6 Å². The second-order valence-electron chi connectivity index (χ2n) is 5.01. The number of hydrogen-bond donors (Lipinski definition) is 0. The minimum atomic E-state index is 0.809. The molecule has 2 bridgehead atoms. The average Bonchev–Trinajstić information content (AvgIpc) is 2.88. The third-order valence-electron chi connectivity index (χ3n) is 4.45. The van der Waals surface area contributed by atoms with Gasteiger partial charge in [0.2, 0.25) is 0 Å². The normalized spacial score (nSPS) is 46.7. The van der Waals surface area contributed by atoms with Crippen molar-refractivity contribution in [3.8, 4) is 0 Å². The monoisotopic (exact) mass is 198 g/mol. The van der Waals surface area contributed by atoms with E-state index in [1.807, 2.05) is 6.08 Å². The Kier molecular flexibility index (Phi) is 1.98. The Balaban J connectivity index is 2.03. The van der Waals surface area contributed by atoms with Gasteiger partial charge in [0, 0.05) is 0 Å². The molecule has 0 aromatic carbocycles. The van der Waals surface area contributed by atoms with E-state index >= 15 is 0 Å². The summed E-state index contributed by atoms with van der Waals surface area (Å²) in [5, 5.41) is 0. The lowest BCUT2D eigenvalue weighted by Gasteiger charge is -2.20. The van der Waals surface area contributed by atoms with Crippen LogP contribution in [0.25, 0.3) is 0 Å².